The number of unbranched alkanes of at least 4 members (excludes halogenated alkanes) is 3. The number of nitrogens with zero attached hydrogens (tertiary/aromatic N) is 2. The van der Waals surface area contributed by atoms with E-state index in [1.165, 1.54) is 19.3 Å². The summed E-state index contributed by atoms with van der Waals surface area (Å²) in [6.07, 6.45) is 4.94. The average Bonchev–Trinajstić information content (AvgIpc) is 2.95. The second-order valence-corrected chi connectivity index (χ2v) is 5.61. The Hall–Kier alpha value is -1.32. The van der Waals surface area contributed by atoms with E-state index in [0.29, 0.717) is 12.4 Å². The van der Waals surface area contributed by atoms with Gasteiger partial charge < -0.3 is 5.73 Å². The number of alkyl halides is 1. The summed E-state index contributed by atoms with van der Waals surface area (Å²) in [6, 6.07) is 10.3. The molecule has 0 spiro atoms. The van der Waals surface area contributed by atoms with E-state index >= 15 is 0 Å². The van der Waals surface area contributed by atoms with Crippen LogP contribution in [0.1, 0.15) is 43.9 Å². The Bertz CT molecular complexity index is 546. The van der Waals surface area contributed by atoms with Gasteiger partial charge in [-0.1, -0.05) is 50.5 Å². The number of hydrogen-bond acceptors (Lipinski definition) is 2. The van der Waals surface area contributed by atoms with Crippen LogP contribution in [-0.2, 0) is 19.0 Å². The van der Waals surface area contributed by atoms with Crippen LogP contribution in [0, 0.1) is 0 Å². The van der Waals surface area contributed by atoms with Gasteiger partial charge in [0.2, 0.25) is 0 Å². The van der Waals surface area contributed by atoms with Gasteiger partial charge in [0.05, 0.1) is 17.3 Å². The highest BCUT2D eigenvalue weighted by Gasteiger charge is 2.08. The molecule has 0 saturated carbocycles. The molecule has 0 aliphatic heterocycles. The van der Waals surface area contributed by atoms with Gasteiger partial charge in [0.15, 0.2) is 0 Å². The van der Waals surface area contributed by atoms with E-state index in [4.69, 9.17) is 22.4 Å². The lowest BCUT2D eigenvalue weighted by molar-refractivity contribution is 0.531. The Labute approximate surface area is 132 Å². The monoisotopic (exact) mass is 305 g/mol. The van der Waals surface area contributed by atoms with Gasteiger partial charge in [-0.2, -0.15) is 5.10 Å². The van der Waals surface area contributed by atoms with Gasteiger partial charge >= 0.3 is 0 Å². The van der Waals surface area contributed by atoms with Crippen molar-refractivity contribution >= 4 is 11.6 Å². The maximum Gasteiger partial charge on any atom is 0.0926 e. The van der Waals surface area contributed by atoms with Gasteiger partial charge in [-0.3, -0.25) is 4.68 Å². The molecule has 0 amide bonds. The molecule has 0 aliphatic rings. The molecule has 0 bridgehead atoms. The molecule has 1 aromatic heterocycles. The third-order valence-corrected chi connectivity index (χ3v) is 3.98. The number of aromatic nitrogens is 2. The summed E-state index contributed by atoms with van der Waals surface area (Å²) in [7, 11) is 0. The van der Waals surface area contributed by atoms with Crippen molar-refractivity contribution in [3.05, 3.63) is 41.6 Å². The van der Waals surface area contributed by atoms with E-state index in [2.05, 4.69) is 41.9 Å². The molecule has 4 heteroatoms. The van der Waals surface area contributed by atoms with Crippen molar-refractivity contribution in [3.8, 4) is 11.3 Å². The van der Waals surface area contributed by atoms with Crippen LogP contribution in [0.2, 0.25) is 0 Å². The fourth-order valence-electron chi connectivity index (χ4n) is 2.40. The summed E-state index contributed by atoms with van der Waals surface area (Å²) in [5.74, 6) is 0.502. The summed E-state index contributed by atoms with van der Waals surface area (Å²) in [5.41, 5.74) is 9.96. The molecule has 0 atom stereocenters. The summed E-state index contributed by atoms with van der Waals surface area (Å²) in [5, 5.41) is 4.71. The van der Waals surface area contributed by atoms with Crippen LogP contribution in [0.25, 0.3) is 11.3 Å². The number of aryl methyl sites for hydroxylation is 1. The predicted octanol–water partition coefficient (Wildman–Crippen LogP) is 4.33. The van der Waals surface area contributed by atoms with Crippen molar-refractivity contribution < 1.29 is 0 Å². The van der Waals surface area contributed by atoms with Crippen LogP contribution in [0.4, 0.5) is 0 Å². The van der Waals surface area contributed by atoms with Gasteiger partial charge in [-0.05, 0) is 18.1 Å². The van der Waals surface area contributed by atoms with Crippen molar-refractivity contribution in [1.82, 2.24) is 9.78 Å². The molecule has 2 rings (SSSR count). The minimum atomic E-state index is 0.502. The second kappa shape index (κ2) is 8.20. The fraction of sp³-hybridized carbons (Fsp3) is 0.471. The van der Waals surface area contributed by atoms with Gasteiger partial charge in [0, 0.05) is 18.7 Å². The zero-order valence-corrected chi connectivity index (χ0v) is 13.4. The minimum absolute atomic E-state index is 0.502. The molecule has 1 heterocycles. The molecule has 0 fully saturated rings. The fourth-order valence-corrected chi connectivity index (χ4v) is 2.61. The van der Waals surface area contributed by atoms with Crippen molar-refractivity contribution in [2.24, 2.45) is 5.73 Å². The summed E-state index contributed by atoms with van der Waals surface area (Å²) >= 11 is 6.04. The normalized spacial score (nSPS) is 11.0. The molecule has 0 unspecified atom stereocenters. The Morgan fingerprint density at radius 2 is 1.90 bits per heavy atom. The van der Waals surface area contributed by atoms with E-state index in [1.54, 1.807) is 0 Å². The van der Waals surface area contributed by atoms with Crippen molar-refractivity contribution in [2.75, 3.05) is 0 Å². The number of halogens is 1. The van der Waals surface area contributed by atoms with Crippen LogP contribution >= 0.6 is 11.6 Å². The van der Waals surface area contributed by atoms with E-state index in [1.807, 2.05) is 0 Å². The van der Waals surface area contributed by atoms with E-state index in [0.717, 1.165) is 35.5 Å². The Balaban J connectivity index is 2.11. The summed E-state index contributed by atoms with van der Waals surface area (Å²) in [4.78, 5) is 0. The summed E-state index contributed by atoms with van der Waals surface area (Å²) < 4.78 is 2.05. The molecule has 1 aromatic carbocycles. The number of benzene rings is 1. The summed E-state index contributed by atoms with van der Waals surface area (Å²) in [6.45, 7) is 3.74. The number of nitrogens with two attached hydrogens (primary N) is 1. The van der Waals surface area contributed by atoms with Gasteiger partial charge in [0.25, 0.3) is 0 Å². The molecular formula is C17H24ClN3. The standard InChI is InChI=1S/C17H24ClN3/c1-2-3-4-5-10-21-16(12-18)11-17(20-21)15-8-6-14(13-19)7-9-15/h6-9,11H,2-5,10,12-13,19H2,1H3. The van der Waals surface area contributed by atoms with Crippen molar-refractivity contribution in [3.63, 3.8) is 0 Å². The lowest BCUT2D eigenvalue weighted by Crippen LogP contribution is -2.04. The minimum Gasteiger partial charge on any atom is -0.326 e. The molecule has 3 nitrogen and oxygen atoms in total. The van der Waals surface area contributed by atoms with Gasteiger partial charge in [-0.25, -0.2) is 0 Å². The number of rotatable bonds is 8. The molecule has 0 radical (unpaired) electrons. The third kappa shape index (κ3) is 4.32. The molecule has 0 aliphatic carbocycles. The Kier molecular flexibility index (Phi) is 6.27. The molecule has 21 heavy (non-hydrogen) atoms. The van der Waals surface area contributed by atoms with Crippen LogP contribution < -0.4 is 5.73 Å². The first-order valence-electron chi connectivity index (χ1n) is 7.70. The first kappa shape index (κ1) is 16.1. The van der Waals surface area contributed by atoms with E-state index in [-0.39, 0.29) is 0 Å². The lowest BCUT2D eigenvalue weighted by atomic mass is 10.1. The zero-order chi connectivity index (χ0) is 15.1. The second-order valence-electron chi connectivity index (χ2n) is 5.34. The lowest BCUT2D eigenvalue weighted by Gasteiger charge is -2.04. The highest BCUT2D eigenvalue weighted by molar-refractivity contribution is 6.16. The average molecular weight is 306 g/mol. The van der Waals surface area contributed by atoms with Crippen LogP contribution in [0.15, 0.2) is 30.3 Å². The Morgan fingerprint density at radius 1 is 1.14 bits per heavy atom. The molecular weight excluding hydrogens is 282 g/mol. The van der Waals surface area contributed by atoms with Gasteiger partial charge in [-0.15, -0.1) is 11.6 Å². The topological polar surface area (TPSA) is 43.8 Å². The highest BCUT2D eigenvalue weighted by atomic mass is 35.5. The van der Waals surface area contributed by atoms with Gasteiger partial charge in [0.1, 0.15) is 0 Å². The maximum absolute atomic E-state index is 6.04. The van der Waals surface area contributed by atoms with E-state index in [9.17, 15) is 0 Å². The smallest absolute Gasteiger partial charge is 0.0926 e. The highest BCUT2D eigenvalue weighted by Crippen LogP contribution is 2.21. The largest absolute Gasteiger partial charge is 0.326 e. The number of hydrogen-bond donors (Lipinski definition) is 1. The van der Waals surface area contributed by atoms with Crippen LogP contribution in [-0.4, -0.2) is 9.78 Å². The SMILES string of the molecule is CCCCCCn1nc(-c2ccc(CN)cc2)cc1CCl. The molecule has 0 saturated heterocycles. The quantitative estimate of drug-likeness (QED) is 0.583. The van der Waals surface area contributed by atoms with Crippen LogP contribution in [0.5, 0.6) is 0 Å². The predicted molar refractivity (Wildman–Crippen MR) is 89.3 cm³/mol. The molecule has 2 N–H and O–H groups in total. The third-order valence-electron chi connectivity index (χ3n) is 3.71. The van der Waals surface area contributed by atoms with Crippen molar-refractivity contribution in [1.29, 1.82) is 0 Å². The molecule has 114 valence electrons. The first-order chi connectivity index (χ1) is 10.3. The van der Waals surface area contributed by atoms with Crippen LogP contribution in [0.3, 0.4) is 0 Å². The maximum atomic E-state index is 6.04. The van der Waals surface area contributed by atoms with E-state index < -0.39 is 0 Å². The Morgan fingerprint density at radius 3 is 2.52 bits per heavy atom. The van der Waals surface area contributed by atoms with Crippen molar-refractivity contribution in [2.45, 2.75) is 51.6 Å². The molecule has 2 aromatic rings. The first-order valence-corrected chi connectivity index (χ1v) is 8.24. The zero-order valence-electron chi connectivity index (χ0n) is 12.7.